The maximum absolute atomic E-state index is 2.49. The van der Waals surface area contributed by atoms with Gasteiger partial charge in [-0.1, -0.05) is 95.2 Å². The highest BCUT2D eigenvalue weighted by molar-refractivity contribution is 6.81. The fourth-order valence-electron chi connectivity index (χ4n) is 6.19. The molecule has 0 N–H and O–H groups in total. The first-order chi connectivity index (χ1) is 12.8. The van der Waals surface area contributed by atoms with E-state index in [9.17, 15) is 0 Å². The van der Waals surface area contributed by atoms with Crippen LogP contribution in [0.5, 0.6) is 0 Å². The molecular weight excluding hydrogens is 328 g/mol. The lowest BCUT2D eigenvalue weighted by molar-refractivity contribution is 0.635. The molecule has 3 aliphatic carbocycles. The Bertz CT molecular complexity index is 541. The summed E-state index contributed by atoms with van der Waals surface area (Å²) in [5, 5.41) is 0. The Kier molecular flexibility index (Phi) is 7.43. The molecule has 0 aromatic carbocycles. The summed E-state index contributed by atoms with van der Waals surface area (Å²) >= 11 is 0. The van der Waals surface area contributed by atoms with Crippen molar-refractivity contribution in [2.45, 2.75) is 121 Å². The minimum atomic E-state index is -1.22. The predicted octanol–water partition coefficient (Wildman–Crippen LogP) is 8.74. The Morgan fingerprint density at radius 1 is 0.885 bits per heavy atom. The number of fused-ring (bicyclic) bond motifs is 1. The smallest absolute Gasteiger partial charge is 0.0609 e. The molecule has 0 fully saturated rings. The molecule has 0 radical (unpaired) electrons. The summed E-state index contributed by atoms with van der Waals surface area (Å²) in [4.78, 5) is 0. The quantitative estimate of drug-likeness (QED) is 0.337. The first kappa shape index (κ1) is 20.2. The summed E-state index contributed by atoms with van der Waals surface area (Å²) < 4.78 is 0. The Morgan fingerprint density at radius 3 is 2.15 bits per heavy atom. The number of hydrogen-bond acceptors (Lipinski definition) is 0. The largest absolute Gasteiger partial charge is 0.0839 e. The van der Waals surface area contributed by atoms with Gasteiger partial charge in [-0.2, -0.15) is 0 Å². The van der Waals surface area contributed by atoms with Crippen molar-refractivity contribution < 1.29 is 0 Å². The maximum atomic E-state index is 2.49. The van der Waals surface area contributed by atoms with Crippen molar-refractivity contribution in [2.24, 2.45) is 0 Å². The van der Waals surface area contributed by atoms with E-state index in [1.165, 1.54) is 77.0 Å². The van der Waals surface area contributed by atoms with E-state index in [4.69, 9.17) is 0 Å². The molecule has 3 aliphatic rings. The van der Waals surface area contributed by atoms with E-state index in [1.54, 1.807) is 29.3 Å². The van der Waals surface area contributed by atoms with Crippen LogP contribution in [0.4, 0.5) is 0 Å². The molecule has 26 heavy (non-hydrogen) atoms. The molecule has 0 saturated carbocycles. The van der Waals surface area contributed by atoms with Crippen LogP contribution in [0.15, 0.2) is 34.4 Å². The third kappa shape index (κ3) is 4.13. The molecule has 1 unspecified atom stereocenters. The van der Waals surface area contributed by atoms with E-state index in [1.807, 2.05) is 11.1 Å². The van der Waals surface area contributed by atoms with Crippen LogP contribution in [0.3, 0.4) is 0 Å². The molecule has 0 amide bonds. The lowest BCUT2D eigenvalue weighted by Crippen LogP contribution is -2.41. The molecular formula is C25H42Si. The van der Waals surface area contributed by atoms with Crippen molar-refractivity contribution in [3.05, 3.63) is 34.4 Å². The van der Waals surface area contributed by atoms with Crippen LogP contribution in [-0.4, -0.2) is 8.07 Å². The molecule has 0 bridgehead atoms. The second-order valence-corrected chi connectivity index (χ2v) is 14.2. The summed E-state index contributed by atoms with van der Waals surface area (Å²) in [5.74, 6) is 0. The van der Waals surface area contributed by atoms with E-state index in [0.717, 1.165) is 5.54 Å². The highest BCUT2D eigenvalue weighted by Gasteiger charge is 2.44. The second-order valence-electron chi connectivity index (χ2n) is 9.24. The van der Waals surface area contributed by atoms with Crippen LogP contribution in [0.1, 0.15) is 97.8 Å². The normalized spacial score (nSPS) is 22.8. The average Bonchev–Trinajstić information content (AvgIpc) is 3.06. The summed E-state index contributed by atoms with van der Waals surface area (Å²) in [6.45, 7) is 7.22. The summed E-state index contributed by atoms with van der Waals surface area (Å²) in [6.07, 6.45) is 21.9. The van der Waals surface area contributed by atoms with Gasteiger partial charge < -0.3 is 0 Å². The van der Waals surface area contributed by atoms with E-state index in [2.05, 4.69) is 32.9 Å². The monoisotopic (exact) mass is 370 g/mol. The molecule has 0 aliphatic heterocycles. The lowest BCUT2D eigenvalue weighted by atomic mass is 9.88. The first-order valence-electron chi connectivity index (χ1n) is 11.9. The van der Waals surface area contributed by atoms with Crippen molar-refractivity contribution in [3.8, 4) is 0 Å². The highest BCUT2D eigenvalue weighted by atomic mass is 28.3. The molecule has 1 heteroatoms. The van der Waals surface area contributed by atoms with Crippen molar-refractivity contribution in [1.82, 2.24) is 0 Å². The Labute approximate surface area is 164 Å². The zero-order chi connectivity index (χ0) is 18.4. The van der Waals surface area contributed by atoms with Crippen LogP contribution >= 0.6 is 0 Å². The van der Waals surface area contributed by atoms with Crippen LogP contribution in [0, 0.1) is 0 Å². The molecule has 3 rings (SSSR count). The number of rotatable bonds is 10. The Hall–Kier alpha value is -0.563. The van der Waals surface area contributed by atoms with Gasteiger partial charge in [-0.25, -0.2) is 0 Å². The minimum absolute atomic E-state index is 1.02. The summed E-state index contributed by atoms with van der Waals surface area (Å²) in [6, 6.07) is 4.85. The molecule has 0 nitrogen and oxygen atoms in total. The van der Waals surface area contributed by atoms with Gasteiger partial charge in [0.15, 0.2) is 0 Å². The van der Waals surface area contributed by atoms with Crippen LogP contribution in [0.25, 0.3) is 0 Å². The number of unbranched alkanes of at least 4 members (excludes halogenated alkanes) is 3. The zero-order valence-electron chi connectivity index (χ0n) is 17.8. The van der Waals surface area contributed by atoms with Gasteiger partial charge in [0.05, 0.1) is 8.07 Å². The second kappa shape index (κ2) is 9.58. The van der Waals surface area contributed by atoms with Gasteiger partial charge in [0, 0.05) is 0 Å². The van der Waals surface area contributed by atoms with E-state index >= 15 is 0 Å². The van der Waals surface area contributed by atoms with Gasteiger partial charge in [-0.3, -0.25) is 0 Å². The van der Waals surface area contributed by atoms with E-state index in [-0.39, 0.29) is 0 Å². The SMILES string of the molecule is CCCC[Si](CCCC)(CCCC)C1CCCC2=C1CC1=C2CCC=C1. The van der Waals surface area contributed by atoms with Crippen LogP contribution in [-0.2, 0) is 0 Å². The van der Waals surface area contributed by atoms with Gasteiger partial charge in [0.25, 0.3) is 0 Å². The molecule has 0 spiro atoms. The molecule has 146 valence electrons. The van der Waals surface area contributed by atoms with Crippen molar-refractivity contribution in [1.29, 1.82) is 0 Å². The van der Waals surface area contributed by atoms with E-state index in [0.29, 0.717) is 0 Å². The van der Waals surface area contributed by atoms with Gasteiger partial charge in [0.2, 0.25) is 0 Å². The molecule has 0 heterocycles. The fourth-order valence-corrected chi connectivity index (χ4v) is 13.0. The van der Waals surface area contributed by atoms with Crippen LogP contribution in [0.2, 0.25) is 23.7 Å². The predicted molar refractivity (Wildman–Crippen MR) is 120 cm³/mol. The maximum Gasteiger partial charge on any atom is 0.0609 e. The Morgan fingerprint density at radius 2 is 1.54 bits per heavy atom. The summed E-state index contributed by atoms with van der Waals surface area (Å²) in [7, 11) is -1.22. The van der Waals surface area contributed by atoms with Gasteiger partial charge in [0.1, 0.15) is 0 Å². The number of allylic oxidation sites excluding steroid dienone is 6. The first-order valence-corrected chi connectivity index (χ1v) is 14.6. The van der Waals surface area contributed by atoms with Gasteiger partial charge in [-0.05, 0) is 60.8 Å². The topological polar surface area (TPSA) is 0 Å². The molecule has 0 aromatic rings. The zero-order valence-corrected chi connectivity index (χ0v) is 18.8. The van der Waals surface area contributed by atoms with Crippen LogP contribution < -0.4 is 0 Å². The Balaban J connectivity index is 1.91. The van der Waals surface area contributed by atoms with Crippen molar-refractivity contribution >= 4 is 8.07 Å². The highest BCUT2D eigenvalue weighted by Crippen LogP contribution is 2.55. The van der Waals surface area contributed by atoms with Gasteiger partial charge >= 0.3 is 0 Å². The van der Waals surface area contributed by atoms with Crippen molar-refractivity contribution in [2.75, 3.05) is 0 Å². The molecule has 1 atom stereocenters. The minimum Gasteiger partial charge on any atom is -0.0839 e. The fraction of sp³-hybridized carbons (Fsp3) is 0.760. The lowest BCUT2D eigenvalue weighted by Gasteiger charge is -2.43. The number of hydrogen-bond donors (Lipinski definition) is 0. The molecule has 0 saturated heterocycles. The standard InChI is InChI=1S/C25H42Si/c1-4-7-17-26(18-8-5-2,19-9-6-3)25-16-12-15-23-22-14-11-10-13-21(22)20-24(23)25/h10,13,25H,4-9,11-12,14-20H2,1-3H3. The summed E-state index contributed by atoms with van der Waals surface area (Å²) in [5.41, 5.74) is 8.40. The average molecular weight is 371 g/mol. The third-order valence-electron chi connectivity index (χ3n) is 7.56. The third-order valence-corrected chi connectivity index (χ3v) is 13.7. The molecule has 0 aromatic heterocycles. The van der Waals surface area contributed by atoms with Crippen molar-refractivity contribution in [3.63, 3.8) is 0 Å². The van der Waals surface area contributed by atoms with Gasteiger partial charge in [-0.15, -0.1) is 0 Å². The van der Waals surface area contributed by atoms with E-state index < -0.39 is 8.07 Å².